The molecule has 0 N–H and O–H groups in total. The molecule has 7 heteroatoms. The molecular formula is C20H32N4O3. The first-order chi connectivity index (χ1) is 12.9. The summed E-state index contributed by atoms with van der Waals surface area (Å²) in [7, 11) is 0. The Morgan fingerprint density at radius 2 is 1.67 bits per heavy atom. The number of likely N-dealkylation sites (tertiary alicyclic amines) is 1. The summed E-state index contributed by atoms with van der Waals surface area (Å²) in [6.07, 6.45) is 3.91. The lowest BCUT2D eigenvalue weighted by Crippen LogP contribution is -2.63. The molecule has 2 bridgehead atoms. The number of carbonyl (C=O) groups excluding carboxylic acids is 3. The van der Waals surface area contributed by atoms with Gasteiger partial charge in [-0.05, 0) is 31.1 Å². The largest absolute Gasteiger partial charge is 0.339 e. The second-order valence-electron chi connectivity index (χ2n) is 9.02. The Hall–Kier alpha value is -1.79. The molecule has 0 saturated carbocycles. The SMILES string of the molecule is CC(C)C(=O)N1CCN(C(=O)N2C[C@H]3C[C@H](C2)[C@H]2CCCC(=O)N2C3)CC1. The van der Waals surface area contributed by atoms with Gasteiger partial charge < -0.3 is 19.6 Å². The quantitative estimate of drug-likeness (QED) is 0.692. The molecule has 0 radical (unpaired) electrons. The van der Waals surface area contributed by atoms with Crippen LogP contribution in [0.2, 0.25) is 0 Å². The average Bonchev–Trinajstić information content (AvgIpc) is 2.67. The van der Waals surface area contributed by atoms with Crippen molar-refractivity contribution >= 4 is 17.8 Å². The van der Waals surface area contributed by atoms with Crippen LogP contribution >= 0.6 is 0 Å². The minimum atomic E-state index is 0.00914. The Morgan fingerprint density at radius 3 is 2.37 bits per heavy atom. The van der Waals surface area contributed by atoms with E-state index in [-0.39, 0.29) is 17.9 Å². The molecule has 4 heterocycles. The molecule has 4 amide bonds. The molecule has 0 spiro atoms. The van der Waals surface area contributed by atoms with Gasteiger partial charge in [0.05, 0.1) is 0 Å². The molecule has 0 aromatic rings. The highest BCUT2D eigenvalue weighted by Gasteiger charge is 2.45. The van der Waals surface area contributed by atoms with Crippen LogP contribution in [-0.2, 0) is 9.59 Å². The Bertz CT molecular complexity index is 614. The van der Waals surface area contributed by atoms with Gasteiger partial charge in [-0.3, -0.25) is 9.59 Å². The number of hydrogen-bond acceptors (Lipinski definition) is 3. The first kappa shape index (κ1) is 18.6. The molecule has 0 unspecified atom stereocenters. The number of rotatable bonds is 1. The van der Waals surface area contributed by atoms with Gasteiger partial charge in [0.25, 0.3) is 0 Å². The van der Waals surface area contributed by atoms with Crippen molar-refractivity contribution in [2.24, 2.45) is 17.8 Å². The van der Waals surface area contributed by atoms with Crippen LogP contribution in [0.1, 0.15) is 39.5 Å². The molecule has 7 nitrogen and oxygen atoms in total. The second-order valence-corrected chi connectivity index (χ2v) is 9.02. The first-order valence-electron chi connectivity index (χ1n) is 10.6. The van der Waals surface area contributed by atoms with Crippen LogP contribution in [0.25, 0.3) is 0 Å². The van der Waals surface area contributed by atoms with E-state index in [2.05, 4.69) is 4.90 Å². The van der Waals surface area contributed by atoms with Crippen LogP contribution in [0, 0.1) is 17.8 Å². The number of amides is 4. The third-order valence-corrected chi connectivity index (χ3v) is 6.81. The van der Waals surface area contributed by atoms with Gasteiger partial charge in [-0.2, -0.15) is 0 Å². The second kappa shape index (κ2) is 7.32. The minimum absolute atomic E-state index is 0.00914. The summed E-state index contributed by atoms with van der Waals surface area (Å²) in [6.45, 7) is 8.71. The lowest BCUT2D eigenvalue weighted by molar-refractivity contribution is -0.144. The van der Waals surface area contributed by atoms with Gasteiger partial charge in [0.15, 0.2) is 0 Å². The number of piperazine rings is 1. The minimum Gasteiger partial charge on any atom is -0.339 e. The fraction of sp³-hybridized carbons (Fsp3) is 0.850. The van der Waals surface area contributed by atoms with E-state index in [0.29, 0.717) is 56.4 Å². The molecular weight excluding hydrogens is 344 g/mol. The van der Waals surface area contributed by atoms with Crippen molar-refractivity contribution in [1.82, 2.24) is 19.6 Å². The van der Waals surface area contributed by atoms with Crippen molar-refractivity contribution in [3.63, 3.8) is 0 Å². The van der Waals surface area contributed by atoms with E-state index in [1.165, 1.54) is 0 Å². The van der Waals surface area contributed by atoms with Gasteiger partial charge in [-0.15, -0.1) is 0 Å². The summed E-state index contributed by atoms with van der Waals surface area (Å²) in [5.74, 6) is 1.34. The molecule has 150 valence electrons. The van der Waals surface area contributed by atoms with Crippen LogP contribution in [0.4, 0.5) is 4.79 Å². The van der Waals surface area contributed by atoms with Crippen molar-refractivity contribution in [2.75, 3.05) is 45.8 Å². The highest BCUT2D eigenvalue weighted by atomic mass is 16.2. The standard InChI is InChI=1S/C20H32N4O3/c1-14(2)19(26)21-6-8-22(9-7-21)20(27)23-11-15-10-16(13-23)17-4-3-5-18(25)24(17)12-15/h14-17H,3-13H2,1-2H3/t15-,16-,17-/m1/s1. The van der Waals surface area contributed by atoms with Gasteiger partial charge >= 0.3 is 6.03 Å². The molecule has 0 aromatic carbocycles. The number of piperidine rings is 3. The van der Waals surface area contributed by atoms with Crippen LogP contribution in [0.15, 0.2) is 0 Å². The van der Waals surface area contributed by atoms with Gasteiger partial charge in [0.2, 0.25) is 11.8 Å². The molecule has 4 aliphatic heterocycles. The third-order valence-electron chi connectivity index (χ3n) is 6.81. The summed E-state index contributed by atoms with van der Waals surface area (Å²) >= 11 is 0. The normalized spacial score (nSPS) is 31.2. The van der Waals surface area contributed by atoms with Gasteiger partial charge in [0, 0.05) is 64.2 Å². The molecule has 4 fully saturated rings. The van der Waals surface area contributed by atoms with E-state index in [1.54, 1.807) is 0 Å². The Morgan fingerprint density at radius 1 is 0.963 bits per heavy atom. The fourth-order valence-electron chi connectivity index (χ4n) is 5.45. The maximum Gasteiger partial charge on any atom is 0.320 e. The zero-order valence-corrected chi connectivity index (χ0v) is 16.6. The van der Waals surface area contributed by atoms with E-state index in [4.69, 9.17) is 0 Å². The van der Waals surface area contributed by atoms with E-state index in [0.717, 1.165) is 38.9 Å². The molecule has 3 atom stereocenters. The van der Waals surface area contributed by atoms with Crippen LogP contribution < -0.4 is 0 Å². The monoisotopic (exact) mass is 376 g/mol. The van der Waals surface area contributed by atoms with Crippen molar-refractivity contribution in [3.05, 3.63) is 0 Å². The van der Waals surface area contributed by atoms with Crippen molar-refractivity contribution < 1.29 is 14.4 Å². The molecule has 0 aromatic heterocycles. The van der Waals surface area contributed by atoms with Crippen LogP contribution in [0.5, 0.6) is 0 Å². The van der Waals surface area contributed by atoms with E-state index >= 15 is 0 Å². The van der Waals surface area contributed by atoms with E-state index < -0.39 is 0 Å². The predicted molar refractivity (Wildman–Crippen MR) is 101 cm³/mol. The number of carbonyl (C=O) groups is 3. The summed E-state index contributed by atoms with van der Waals surface area (Å²) in [4.78, 5) is 45.4. The van der Waals surface area contributed by atoms with Crippen molar-refractivity contribution in [2.45, 2.75) is 45.6 Å². The van der Waals surface area contributed by atoms with Gasteiger partial charge in [0.1, 0.15) is 0 Å². The summed E-state index contributed by atoms with van der Waals surface area (Å²) in [5.41, 5.74) is 0. The topological polar surface area (TPSA) is 64.2 Å². The maximum absolute atomic E-state index is 13.1. The van der Waals surface area contributed by atoms with E-state index in [9.17, 15) is 14.4 Å². The zero-order valence-electron chi connectivity index (χ0n) is 16.6. The summed E-state index contributed by atoms with van der Waals surface area (Å²) in [5, 5.41) is 0. The van der Waals surface area contributed by atoms with E-state index in [1.807, 2.05) is 28.5 Å². The number of nitrogens with zero attached hydrogens (tertiary/aromatic N) is 4. The van der Waals surface area contributed by atoms with Crippen LogP contribution in [0.3, 0.4) is 0 Å². The van der Waals surface area contributed by atoms with Crippen molar-refractivity contribution in [1.29, 1.82) is 0 Å². The number of urea groups is 1. The van der Waals surface area contributed by atoms with Crippen molar-refractivity contribution in [3.8, 4) is 0 Å². The zero-order chi connectivity index (χ0) is 19.1. The fourth-order valence-corrected chi connectivity index (χ4v) is 5.45. The Balaban J connectivity index is 1.36. The maximum atomic E-state index is 13.1. The lowest BCUT2D eigenvalue weighted by Gasteiger charge is -2.53. The average molecular weight is 377 g/mol. The summed E-state index contributed by atoms with van der Waals surface area (Å²) < 4.78 is 0. The number of fused-ring (bicyclic) bond motifs is 4. The molecule has 27 heavy (non-hydrogen) atoms. The molecule has 4 rings (SSSR count). The third kappa shape index (κ3) is 3.52. The first-order valence-corrected chi connectivity index (χ1v) is 10.6. The smallest absolute Gasteiger partial charge is 0.320 e. The predicted octanol–water partition coefficient (Wildman–Crippen LogP) is 1.24. The number of hydrogen-bond donors (Lipinski definition) is 0. The van der Waals surface area contributed by atoms with Gasteiger partial charge in [-0.1, -0.05) is 13.8 Å². The van der Waals surface area contributed by atoms with Gasteiger partial charge in [-0.25, -0.2) is 4.79 Å². The molecule has 4 saturated heterocycles. The highest BCUT2D eigenvalue weighted by Crippen LogP contribution is 2.38. The highest BCUT2D eigenvalue weighted by molar-refractivity contribution is 5.79. The Kier molecular flexibility index (Phi) is 5.03. The Labute approximate surface area is 161 Å². The lowest BCUT2D eigenvalue weighted by atomic mass is 9.76. The van der Waals surface area contributed by atoms with Crippen LogP contribution in [-0.4, -0.2) is 89.3 Å². The molecule has 4 aliphatic rings. The summed E-state index contributed by atoms with van der Waals surface area (Å²) in [6, 6.07) is 0.454. The molecule has 0 aliphatic carbocycles.